The van der Waals surface area contributed by atoms with E-state index in [9.17, 15) is 13.2 Å². The second-order valence-electron chi connectivity index (χ2n) is 7.07. The summed E-state index contributed by atoms with van der Waals surface area (Å²) in [6.45, 7) is 8.74. The van der Waals surface area contributed by atoms with Crippen LogP contribution in [0, 0.1) is 13.8 Å². The highest BCUT2D eigenvalue weighted by molar-refractivity contribution is 7.89. The maximum absolute atomic E-state index is 13.2. The van der Waals surface area contributed by atoms with E-state index in [0.29, 0.717) is 36.5 Å². The van der Waals surface area contributed by atoms with E-state index in [1.807, 2.05) is 32.7 Å². The summed E-state index contributed by atoms with van der Waals surface area (Å²) in [5.74, 6) is -0.160. The Bertz CT molecular complexity index is 729. The second kappa shape index (κ2) is 7.91. The van der Waals surface area contributed by atoms with E-state index in [2.05, 4.69) is 4.72 Å². The van der Waals surface area contributed by atoms with Crippen LogP contribution in [0.5, 0.6) is 0 Å². The fraction of sp³-hybridized carbons (Fsp3) is 0.722. The predicted molar refractivity (Wildman–Crippen MR) is 99.3 cm³/mol. The normalized spacial score (nSPS) is 17.4. The van der Waals surface area contributed by atoms with E-state index in [4.69, 9.17) is 0 Å². The van der Waals surface area contributed by atoms with Crippen LogP contribution in [0.2, 0.25) is 0 Å². The van der Waals surface area contributed by atoms with Crippen molar-refractivity contribution in [1.29, 1.82) is 0 Å². The number of nitrogens with one attached hydrogen (secondary N) is 1. The molecule has 1 N–H and O–H groups in total. The lowest BCUT2D eigenvalue weighted by atomic mass is 10.2. The van der Waals surface area contributed by atoms with Crippen LogP contribution in [0.1, 0.15) is 67.7 Å². The predicted octanol–water partition coefficient (Wildman–Crippen LogP) is 2.73. The van der Waals surface area contributed by atoms with Crippen molar-refractivity contribution in [3.63, 3.8) is 0 Å². The van der Waals surface area contributed by atoms with Gasteiger partial charge >= 0.3 is 0 Å². The maximum atomic E-state index is 13.2. The molecule has 2 rings (SSSR count). The molecular weight excluding hydrogens is 338 g/mol. The lowest BCUT2D eigenvalue weighted by Gasteiger charge is -2.21. The van der Waals surface area contributed by atoms with E-state index in [1.54, 1.807) is 11.5 Å². The van der Waals surface area contributed by atoms with Gasteiger partial charge in [0.1, 0.15) is 4.90 Å². The van der Waals surface area contributed by atoms with Crippen LogP contribution < -0.4 is 4.72 Å². The van der Waals surface area contributed by atoms with Gasteiger partial charge in [-0.05, 0) is 40.0 Å². The molecular formula is C18H31N3O3S. The number of aromatic nitrogens is 1. The highest BCUT2D eigenvalue weighted by Crippen LogP contribution is 2.28. The minimum Gasteiger partial charge on any atom is -0.350 e. The maximum Gasteiger partial charge on any atom is 0.257 e. The Morgan fingerprint density at radius 3 is 2.20 bits per heavy atom. The third kappa shape index (κ3) is 4.08. The summed E-state index contributed by atoms with van der Waals surface area (Å²) in [5.41, 5.74) is 1.64. The van der Waals surface area contributed by atoms with Gasteiger partial charge < -0.3 is 9.47 Å². The molecule has 0 radical (unpaired) electrons. The van der Waals surface area contributed by atoms with Crippen LogP contribution in [0.15, 0.2) is 4.90 Å². The Morgan fingerprint density at radius 1 is 1.12 bits per heavy atom. The molecule has 2 heterocycles. The van der Waals surface area contributed by atoms with Gasteiger partial charge in [-0.25, -0.2) is 13.1 Å². The van der Waals surface area contributed by atoms with Gasteiger partial charge in [-0.1, -0.05) is 19.8 Å². The van der Waals surface area contributed by atoms with E-state index in [1.165, 1.54) is 0 Å². The van der Waals surface area contributed by atoms with Gasteiger partial charge in [-0.2, -0.15) is 0 Å². The average molecular weight is 370 g/mol. The lowest BCUT2D eigenvalue weighted by molar-refractivity contribution is 0.0757. The van der Waals surface area contributed by atoms with Crippen molar-refractivity contribution in [2.75, 3.05) is 13.1 Å². The number of nitrogens with zero attached hydrogens (tertiary/aromatic N) is 2. The van der Waals surface area contributed by atoms with Crippen molar-refractivity contribution in [3.8, 4) is 0 Å². The number of hydrogen-bond acceptors (Lipinski definition) is 3. The molecule has 0 aliphatic carbocycles. The smallest absolute Gasteiger partial charge is 0.257 e. The van der Waals surface area contributed by atoms with Gasteiger partial charge in [0.15, 0.2) is 0 Å². The first-order valence-corrected chi connectivity index (χ1v) is 10.7. The highest BCUT2D eigenvalue weighted by atomic mass is 32.2. The van der Waals surface area contributed by atoms with Crippen LogP contribution >= 0.6 is 0 Å². The monoisotopic (exact) mass is 369 g/mol. The first-order chi connectivity index (χ1) is 11.7. The number of carbonyl (C=O) groups is 1. The Hall–Kier alpha value is -1.34. The van der Waals surface area contributed by atoms with Gasteiger partial charge in [-0.3, -0.25) is 4.79 Å². The summed E-state index contributed by atoms with van der Waals surface area (Å²) in [6.07, 6.45) is 4.89. The molecule has 1 aromatic rings. The number of rotatable bonds is 5. The second-order valence-corrected chi connectivity index (χ2v) is 8.72. The molecule has 7 heteroatoms. The van der Waals surface area contributed by atoms with E-state index >= 15 is 0 Å². The lowest BCUT2D eigenvalue weighted by Crippen LogP contribution is -2.36. The molecule has 1 aliphatic heterocycles. The molecule has 0 bridgehead atoms. The first-order valence-electron chi connectivity index (χ1n) is 9.18. The molecule has 1 aliphatic rings. The zero-order valence-corrected chi connectivity index (χ0v) is 16.9. The molecule has 0 saturated carbocycles. The Balaban J connectivity index is 2.51. The van der Waals surface area contributed by atoms with Crippen LogP contribution in [0.4, 0.5) is 0 Å². The van der Waals surface area contributed by atoms with Gasteiger partial charge in [0.05, 0.1) is 5.56 Å². The largest absolute Gasteiger partial charge is 0.350 e. The zero-order valence-electron chi connectivity index (χ0n) is 16.1. The summed E-state index contributed by atoms with van der Waals surface area (Å²) in [7, 11) is -1.93. The Morgan fingerprint density at radius 2 is 1.68 bits per heavy atom. The van der Waals surface area contributed by atoms with Crippen LogP contribution in [-0.2, 0) is 17.1 Å². The van der Waals surface area contributed by atoms with E-state index < -0.39 is 10.0 Å². The summed E-state index contributed by atoms with van der Waals surface area (Å²) < 4.78 is 30.4. The summed E-state index contributed by atoms with van der Waals surface area (Å²) in [4.78, 5) is 15.1. The number of likely N-dealkylation sites (tertiary alicyclic amines) is 1. The topological polar surface area (TPSA) is 71.4 Å². The third-order valence-electron chi connectivity index (χ3n) is 5.27. The number of amides is 1. The molecule has 1 saturated heterocycles. The van der Waals surface area contributed by atoms with Crippen molar-refractivity contribution >= 4 is 15.9 Å². The molecule has 0 unspecified atom stereocenters. The van der Waals surface area contributed by atoms with Crippen molar-refractivity contribution in [2.45, 2.75) is 70.7 Å². The quantitative estimate of drug-likeness (QED) is 0.867. The Kier molecular flexibility index (Phi) is 6.32. The standard InChI is InChI=1S/C18H31N3O3S/c1-6-13(2)19-25(23,24)17-15(4)20(5)14(3)16(17)18(22)21-11-9-7-8-10-12-21/h13,19H,6-12H2,1-5H3/t13-/m1/s1. The Labute approximate surface area is 151 Å². The molecule has 1 fully saturated rings. The van der Waals surface area contributed by atoms with Crippen LogP contribution in [-0.4, -0.2) is 42.9 Å². The fourth-order valence-corrected chi connectivity index (χ4v) is 5.18. The zero-order chi connectivity index (χ0) is 18.8. The molecule has 1 atom stereocenters. The summed E-state index contributed by atoms with van der Waals surface area (Å²) in [5, 5.41) is 0. The molecule has 6 nitrogen and oxygen atoms in total. The molecule has 25 heavy (non-hydrogen) atoms. The van der Waals surface area contributed by atoms with Crippen LogP contribution in [0.25, 0.3) is 0 Å². The van der Waals surface area contributed by atoms with Gasteiger partial charge in [0.2, 0.25) is 10.0 Å². The van der Waals surface area contributed by atoms with Gasteiger partial charge in [0.25, 0.3) is 5.91 Å². The van der Waals surface area contributed by atoms with E-state index in [0.717, 1.165) is 25.7 Å². The van der Waals surface area contributed by atoms with Crippen molar-refractivity contribution in [1.82, 2.24) is 14.2 Å². The minimum atomic E-state index is -3.75. The molecule has 1 aromatic heterocycles. The van der Waals surface area contributed by atoms with Crippen molar-refractivity contribution in [2.24, 2.45) is 7.05 Å². The molecule has 0 aromatic carbocycles. The fourth-order valence-electron chi connectivity index (χ4n) is 3.34. The van der Waals surface area contributed by atoms with Crippen molar-refractivity contribution in [3.05, 3.63) is 17.0 Å². The number of sulfonamides is 1. The van der Waals surface area contributed by atoms with Crippen LogP contribution in [0.3, 0.4) is 0 Å². The SMILES string of the molecule is CC[C@@H](C)NS(=O)(=O)c1c(C(=O)N2CCCCCC2)c(C)n(C)c1C. The first kappa shape index (κ1) is 20.0. The van der Waals surface area contributed by atoms with Crippen molar-refractivity contribution < 1.29 is 13.2 Å². The molecule has 0 spiro atoms. The number of hydrogen-bond donors (Lipinski definition) is 1. The average Bonchev–Trinajstić information content (AvgIpc) is 2.78. The van der Waals surface area contributed by atoms with Gasteiger partial charge in [0, 0.05) is 37.6 Å². The van der Waals surface area contributed by atoms with E-state index in [-0.39, 0.29) is 16.8 Å². The summed E-state index contributed by atoms with van der Waals surface area (Å²) >= 11 is 0. The van der Waals surface area contributed by atoms with Gasteiger partial charge in [-0.15, -0.1) is 0 Å². The molecule has 1 amide bonds. The number of carbonyl (C=O) groups excluding carboxylic acids is 1. The third-order valence-corrected chi connectivity index (χ3v) is 7.02. The minimum absolute atomic E-state index is 0.141. The highest BCUT2D eigenvalue weighted by Gasteiger charge is 2.33. The molecule has 142 valence electrons. The summed E-state index contributed by atoms with van der Waals surface area (Å²) in [6, 6.07) is -0.175.